The number of nitrogens with zero attached hydrogens (tertiary/aromatic N) is 3. The Kier molecular flexibility index (Phi) is 4.53. The minimum absolute atomic E-state index is 0.0918. The molecular weight excluding hydrogens is 282 g/mol. The average molecular weight is 301 g/mol. The molecule has 0 aromatic carbocycles. The smallest absolute Gasteiger partial charge is 0.315 e. The van der Waals surface area contributed by atoms with Crippen molar-refractivity contribution in [3.63, 3.8) is 0 Å². The molecule has 1 saturated heterocycles. The van der Waals surface area contributed by atoms with E-state index in [1.54, 1.807) is 30.8 Å². The first-order chi connectivity index (χ1) is 10.8. The second kappa shape index (κ2) is 6.93. The van der Waals surface area contributed by atoms with E-state index in [9.17, 15) is 4.79 Å². The minimum atomic E-state index is -0.183. The Morgan fingerprint density at radius 3 is 3.00 bits per heavy atom. The van der Waals surface area contributed by atoms with Crippen LogP contribution in [-0.4, -0.2) is 35.1 Å². The van der Waals surface area contributed by atoms with E-state index in [4.69, 9.17) is 4.42 Å². The molecule has 0 spiro atoms. The number of carbonyl (C=O) groups excluding carboxylic acids is 1. The lowest BCUT2D eigenvalue weighted by Crippen LogP contribution is -2.50. The second-order valence-electron chi connectivity index (χ2n) is 5.24. The summed E-state index contributed by atoms with van der Waals surface area (Å²) < 4.78 is 5.18. The molecule has 2 N–H and O–H groups in total. The third-order valence-corrected chi connectivity index (χ3v) is 3.59. The fourth-order valence-corrected chi connectivity index (χ4v) is 2.55. The molecule has 1 aliphatic heterocycles. The molecule has 3 heterocycles. The highest BCUT2D eigenvalue weighted by Crippen LogP contribution is 2.15. The Labute approximate surface area is 128 Å². The molecule has 1 aliphatic rings. The maximum Gasteiger partial charge on any atom is 0.315 e. The Hall–Kier alpha value is -2.57. The Bertz CT molecular complexity index is 587. The van der Waals surface area contributed by atoms with Gasteiger partial charge in [-0.1, -0.05) is 0 Å². The fraction of sp³-hybridized carbons (Fsp3) is 0.400. The summed E-state index contributed by atoms with van der Waals surface area (Å²) in [4.78, 5) is 22.6. The van der Waals surface area contributed by atoms with Crippen LogP contribution in [0.25, 0.3) is 0 Å². The molecule has 2 aromatic heterocycles. The number of hydrogen-bond acceptors (Lipinski definition) is 5. The largest absolute Gasteiger partial charge is 0.467 e. The second-order valence-corrected chi connectivity index (χ2v) is 5.24. The van der Waals surface area contributed by atoms with E-state index in [2.05, 4.69) is 25.5 Å². The number of piperidine rings is 1. The Balaban J connectivity index is 1.48. The van der Waals surface area contributed by atoms with Gasteiger partial charge in [0, 0.05) is 31.5 Å². The predicted molar refractivity (Wildman–Crippen MR) is 81.3 cm³/mol. The van der Waals surface area contributed by atoms with Gasteiger partial charge in [-0.2, -0.15) is 0 Å². The number of hydrogen-bond donors (Lipinski definition) is 2. The van der Waals surface area contributed by atoms with E-state index in [1.165, 1.54) is 0 Å². The molecule has 0 saturated carbocycles. The lowest BCUT2D eigenvalue weighted by molar-refractivity contribution is 0.233. The van der Waals surface area contributed by atoms with Gasteiger partial charge in [0.25, 0.3) is 0 Å². The topological polar surface area (TPSA) is 83.3 Å². The molecular formula is C15H19N5O2. The molecule has 7 heteroatoms. The molecule has 22 heavy (non-hydrogen) atoms. The maximum atomic E-state index is 11.9. The molecule has 2 aromatic rings. The van der Waals surface area contributed by atoms with Crippen LogP contribution in [0.15, 0.2) is 41.3 Å². The molecule has 1 fully saturated rings. The quantitative estimate of drug-likeness (QED) is 0.895. The summed E-state index contributed by atoms with van der Waals surface area (Å²) in [6.07, 6.45) is 7.01. The summed E-state index contributed by atoms with van der Waals surface area (Å²) in [5, 5.41) is 5.79. The molecule has 0 radical (unpaired) electrons. The lowest BCUT2D eigenvalue weighted by atomic mass is 10.1. The van der Waals surface area contributed by atoms with Crippen LogP contribution >= 0.6 is 0 Å². The van der Waals surface area contributed by atoms with E-state index in [0.29, 0.717) is 12.5 Å². The van der Waals surface area contributed by atoms with E-state index in [0.717, 1.165) is 31.7 Å². The molecule has 2 amide bonds. The number of anilines is 1. The van der Waals surface area contributed by atoms with Gasteiger partial charge in [0.05, 0.1) is 12.8 Å². The third-order valence-electron chi connectivity index (χ3n) is 3.59. The van der Waals surface area contributed by atoms with Crippen molar-refractivity contribution in [1.82, 2.24) is 20.6 Å². The lowest BCUT2D eigenvalue weighted by Gasteiger charge is -2.33. The van der Waals surface area contributed by atoms with Crippen molar-refractivity contribution in [1.29, 1.82) is 0 Å². The maximum absolute atomic E-state index is 11.9. The van der Waals surface area contributed by atoms with Gasteiger partial charge in [0.1, 0.15) is 5.76 Å². The monoisotopic (exact) mass is 301 g/mol. The van der Waals surface area contributed by atoms with Gasteiger partial charge >= 0.3 is 6.03 Å². The third kappa shape index (κ3) is 3.75. The van der Waals surface area contributed by atoms with Crippen LogP contribution < -0.4 is 15.5 Å². The van der Waals surface area contributed by atoms with Crippen molar-refractivity contribution in [2.45, 2.75) is 25.4 Å². The highest BCUT2D eigenvalue weighted by molar-refractivity contribution is 5.74. The van der Waals surface area contributed by atoms with Crippen molar-refractivity contribution in [2.75, 3.05) is 18.0 Å². The van der Waals surface area contributed by atoms with Crippen LogP contribution in [0.3, 0.4) is 0 Å². The van der Waals surface area contributed by atoms with Gasteiger partial charge in [-0.25, -0.2) is 14.8 Å². The van der Waals surface area contributed by atoms with Crippen LogP contribution in [0.2, 0.25) is 0 Å². The molecule has 0 unspecified atom stereocenters. The van der Waals surface area contributed by atoms with Crippen LogP contribution in [0.5, 0.6) is 0 Å². The summed E-state index contributed by atoms with van der Waals surface area (Å²) in [6.45, 7) is 2.02. The zero-order valence-electron chi connectivity index (χ0n) is 12.2. The first-order valence-corrected chi connectivity index (χ1v) is 7.40. The fourth-order valence-electron chi connectivity index (χ4n) is 2.55. The van der Waals surface area contributed by atoms with Crippen molar-refractivity contribution >= 4 is 12.0 Å². The summed E-state index contributed by atoms with van der Waals surface area (Å²) in [6, 6.07) is 5.33. The predicted octanol–water partition coefficient (Wildman–Crippen LogP) is 1.54. The Morgan fingerprint density at radius 1 is 1.36 bits per heavy atom. The number of nitrogens with one attached hydrogen (secondary N) is 2. The van der Waals surface area contributed by atoms with Gasteiger partial charge in [-0.15, -0.1) is 0 Å². The first kappa shape index (κ1) is 14.4. The highest BCUT2D eigenvalue weighted by atomic mass is 16.3. The molecule has 116 valence electrons. The summed E-state index contributed by atoms with van der Waals surface area (Å²) in [7, 11) is 0. The van der Waals surface area contributed by atoms with Gasteiger partial charge in [-0.3, -0.25) is 0 Å². The normalized spacial score (nSPS) is 18.0. The van der Waals surface area contributed by atoms with E-state index in [-0.39, 0.29) is 12.1 Å². The first-order valence-electron chi connectivity index (χ1n) is 7.40. The molecule has 0 aliphatic carbocycles. The molecule has 3 rings (SSSR count). The van der Waals surface area contributed by atoms with Crippen molar-refractivity contribution in [2.24, 2.45) is 0 Å². The van der Waals surface area contributed by atoms with Gasteiger partial charge < -0.3 is 20.0 Å². The van der Waals surface area contributed by atoms with Crippen molar-refractivity contribution in [3.05, 3.63) is 42.6 Å². The highest BCUT2D eigenvalue weighted by Gasteiger charge is 2.22. The number of aromatic nitrogens is 2. The summed E-state index contributed by atoms with van der Waals surface area (Å²) in [5.74, 6) is 1.45. The van der Waals surface area contributed by atoms with Crippen LogP contribution in [0, 0.1) is 0 Å². The van der Waals surface area contributed by atoms with E-state index in [1.807, 2.05) is 6.07 Å². The van der Waals surface area contributed by atoms with Crippen molar-refractivity contribution in [3.8, 4) is 0 Å². The van der Waals surface area contributed by atoms with Gasteiger partial charge in [0.15, 0.2) is 0 Å². The van der Waals surface area contributed by atoms with Gasteiger partial charge in [-0.05, 0) is 31.0 Å². The Morgan fingerprint density at radius 2 is 2.23 bits per heavy atom. The van der Waals surface area contributed by atoms with Crippen molar-refractivity contribution < 1.29 is 9.21 Å². The number of urea groups is 1. The SMILES string of the molecule is O=C(NCc1ccco1)N[C@H]1CCCN(c2ncccn2)C1. The summed E-state index contributed by atoms with van der Waals surface area (Å²) in [5.41, 5.74) is 0. The van der Waals surface area contributed by atoms with E-state index < -0.39 is 0 Å². The standard InChI is InChI=1S/C15H19N5O2/c21-15(18-10-13-5-2-9-22-13)19-12-4-1-8-20(11-12)14-16-6-3-7-17-14/h2-3,5-7,9,12H,1,4,8,10-11H2,(H2,18,19,21)/t12-/m0/s1. The molecule has 0 bridgehead atoms. The van der Waals surface area contributed by atoms with Gasteiger partial charge in [0.2, 0.25) is 5.95 Å². The number of carbonyl (C=O) groups is 1. The minimum Gasteiger partial charge on any atom is -0.467 e. The molecule has 1 atom stereocenters. The summed E-state index contributed by atoms with van der Waals surface area (Å²) >= 11 is 0. The van der Waals surface area contributed by atoms with Crippen LogP contribution in [0.1, 0.15) is 18.6 Å². The number of amides is 2. The zero-order valence-corrected chi connectivity index (χ0v) is 12.2. The van der Waals surface area contributed by atoms with Crippen LogP contribution in [-0.2, 0) is 6.54 Å². The average Bonchev–Trinajstić information content (AvgIpc) is 3.08. The molecule has 7 nitrogen and oxygen atoms in total. The number of furan rings is 1. The zero-order chi connectivity index (χ0) is 15.2. The van der Waals surface area contributed by atoms with E-state index >= 15 is 0 Å². The number of rotatable bonds is 4. The van der Waals surface area contributed by atoms with Crippen LogP contribution in [0.4, 0.5) is 10.7 Å².